The molecular formula is C16H24N6. The predicted molar refractivity (Wildman–Crippen MR) is 87.5 cm³/mol. The van der Waals surface area contributed by atoms with E-state index in [0.29, 0.717) is 5.92 Å². The third-order valence-corrected chi connectivity index (χ3v) is 4.89. The van der Waals surface area contributed by atoms with Crippen LogP contribution in [-0.4, -0.2) is 65.8 Å². The molecule has 2 saturated heterocycles. The summed E-state index contributed by atoms with van der Waals surface area (Å²) in [5, 5.41) is 12.3. The zero-order chi connectivity index (χ0) is 14.9. The molecule has 22 heavy (non-hydrogen) atoms. The summed E-state index contributed by atoms with van der Waals surface area (Å²) in [6.45, 7) is 6.50. The summed E-state index contributed by atoms with van der Waals surface area (Å²) < 4.78 is 2.18. The lowest BCUT2D eigenvalue weighted by atomic mass is 9.98. The molecule has 6 nitrogen and oxygen atoms in total. The van der Waals surface area contributed by atoms with Crippen molar-refractivity contribution in [2.75, 3.05) is 51.2 Å². The first-order valence-corrected chi connectivity index (χ1v) is 8.30. The standard InChI is InChI=1S/C16H24N6/c1-20-7-2-3-13(12-20)16-19-18-15-11-14(4-8-22(15)16)21-9-5-17-6-10-21/h4,8,11,13,17H,2-3,5-7,9-10,12H2,1H3. The van der Waals surface area contributed by atoms with Gasteiger partial charge in [0.1, 0.15) is 5.82 Å². The van der Waals surface area contributed by atoms with Crippen LogP contribution in [0.4, 0.5) is 5.69 Å². The highest BCUT2D eigenvalue weighted by molar-refractivity contribution is 5.56. The Balaban J connectivity index is 1.62. The van der Waals surface area contributed by atoms with E-state index in [2.05, 4.69) is 55.1 Å². The van der Waals surface area contributed by atoms with Crippen molar-refractivity contribution in [3.63, 3.8) is 0 Å². The number of pyridine rings is 1. The number of aromatic nitrogens is 3. The maximum Gasteiger partial charge on any atom is 0.162 e. The van der Waals surface area contributed by atoms with E-state index in [-0.39, 0.29) is 0 Å². The number of hydrogen-bond donors (Lipinski definition) is 1. The minimum atomic E-state index is 0.499. The number of likely N-dealkylation sites (tertiary alicyclic amines) is 1. The van der Waals surface area contributed by atoms with Crippen molar-refractivity contribution in [1.82, 2.24) is 24.8 Å². The summed E-state index contributed by atoms with van der Waals surface area (Å²) >= 11 is 0. The number of piperazine rings is 1. The lowest BCUT2D eigenvalue weighted by Crippen LogP contribution is -2.43. The third-order valence-electron chi connectivity index (χ3n) is 4.89. The van der Waals surface area contributed by atoms with Gasteiger partial charge in [0, 0.05) is 56.6 Å². The zero-order valence-electron chi connectivity index (χ0n) is 13.2. The number of hydrogen-bond acceptors (Lipinski definition) is 5. The maximum atomic E-state index is 4.50. The van der Waals surface area contributed by atoms with Crippen molar-refractivity contribution in [2.24, 2.45) is 0 Å². The molecule has 0 aromatic carbocycles. The number of nitrogens with zero attached hydrogens (tertiary/aromatic N) is 5. The molecule has 2 aromatic rings. The number of nitrogens with one attached hydrogen (secondary N) is 1. The van der Waals surface area contributed by atoms with Crippen LogP contribution in [0.15, 0.2) is 18.3 Å². The fourth-order valence-corrected chi connectivity index (χ4v) is 3.67. The van der Waals surface area contributed by atoms with Crippen molar-refractivity contribution in [3.8, 4) is 0 Å². The molecule has 1 atom stereocenters. The van der Waals surface area contributed by atoms with Crippen LogP contribution in [0.5, 0.6) is 0 Å². The second kappa shape index (κ2) is 5.85. The topological polar surface area (TPSA) is 48.7 Å². The summed E-state index contributed by atoms with van der Waals surface area (Å²) in [7, 11) is 2.19. The fourth-order valence-electron chi connectivity index (χ4n) is 3.67. The number of piperidine rings is 1. The average Bonchev–Trinajstić information content (AvgIpc) is 2.99. The quantitative estimate of drug-likeness (QED) is 0.895. The lowest BCUT2D eigenvalue weighted by molar-refractivity contribution is 0.245. The van der Waals surface area contributed by atoms with Gasteiger partial charge in [0.15, 0.2) is 5.65 Å². The first-order valence-electron chi connectivity index (χ1n) is 8.30. The first kappa shape index (κ1) is 14.0. The van der Waals surface area contributed by atoms with Gasteiger partial charge in [-0.2, -0.15) is 0 Å². The Bertz CT molecular complexity index is 645. The molecular weight excluding hydrogens is 276 g/mol. The van der Waals surface area contributed by atoms with E-state index in [1.807, 2.05) is 0 Å². The van der Waals surface area contributed by atoms with Gasteiger partial charge in [0.2, 0.25) is 0 Å². The van der Waals surface area contributed by atoms with Crippen LogP contribution in [0, 0.1) is 0 Å². The molecule has 0 saturated carbocycles. The summed E-state index contributed by atoms with van der Waals surface area (Å²) in [6.07, 6.45) is 4.61. The van der Waals surface area contributed by atoms with Crippen LogP contribution >= 0.6 is 0 Å². The first-order chi connectivity index (χ1) is 10.8. The van der Waals surface area contributed by atoms with Crippen LogP contribution in [0.25, 0.3) is 5.65 Å². The molecule has 2 aliphatic rings. The number of fused-ring (bicyclic) bond motifs is 1. The monoisotopic (exact) mass is 300 g/mol. The Labute approximate surface area is 131 Å². The predicted octanol–water partition coefficient (Wildman–Crippen LogP) is 0.948. The van der Waals surface area contributed by atoms with Gasteiger partial charge in [0.25, 0.3) is 0 Å². The lowest BCUT2D eigenvalue weighted by Gasteiger charge is -2.30. The van der Waals surface area contributed by atoms with E-state index in [0.717, 1.165) is 44.2 Å². The van der Waals surface area contributed by atoms with Crippen LogP contribution in [0.2, 0.25) is 0 Å². The highest BCUT2D eigenvalue weighted by Crippen LogP contribution is 2.26. The molecule has 1 N–H and O–H groups in total. The Morgan fingerprint density at radius 1 is 1.18 bits per heavy atom. The normalized spacial score (nSPS) is 24.0. The SMILES string of the molecule is CN1CCCC(c2nnc3cc(N4CCNCC4)ccn23)C1. The highest BCUT2D eigenvalue weighted by atomic mass is 15.3. The Morgan fingerprint density at radius 3 is 2.86 bits per heavy atom. The third kappa shape index (κ3) is 2.57. The van der Waals surface area contributed by atoms with E-state index in [9.17, 15) is 0 Å². The van der Waals surface area contributed by atoms with Gasteiger partial charge in [-0.1, -0.05) is 0 Å². The number of rotatable bonds is 2. The molecule has 4 rings (SSSR count). The zero-order valence-corrected chi connectivity index (χ0v) is 13.2. The van der Waals surface area contributed by atoms with E-state index in [4.69, 9.17) is 0 Å². The van der Waals surface area contributed by atoms with E-state index in [1.54, 1.807) is 0 Å². The molecule has 6 heteroatoms. The van der Waals surface area contributed by atoms with Gasteiger partial charge in [-0.15, -0.1) is 10.2 Å². The van der Waals surface area contributed by atoms with Gasteiger partial charge in [-0.3, -0.25) is 4.40 Å². The summed E-state index contributed by atoms with van der Waals surface area (Å²) in [6, 6.07) is 4.38. The van der Waals surface area contributed by atoms with Gasteiger partial charge in [-0.05, 0) is 32.5 Å². The average molecular weight is 300 g/mol. The number of anilines is 1. The van der Waals surface area contributed by atoms with Crippen LogP contribution in [0.1, 0.15) is 24.6 Å². The second-order valence-corrected chi connectivity index (χ2v) is 6.51. The molecule has 1 unspecified atom stereocenters. The van der Waals surface area contributed by atoms with Crippen LogP contribution in [-0.2, 0) is 0 Å². The molecule has 0 bridgehead atoms. The summed E-state index contributed by atoms with van der Waals surface area (Å²) in [4.78, 5) is 4.81. The molecule has 2 aliphatic heterocycles. The summed E-state index contributed by atoms with van der Waals surface area (Å²) in [5.74, 6) is 1.62. The van der Waals surface area contributed by atoms with Gasteiger partial charge < -0.3 is 15.1 Å². The molecule has 118 valence electrons. The Morgan fingerprint density at radius 2 is 2.05 bits per heavy atom. The Hall–Kier alpha value is -1.66. The second-order valence-electron chi connectivity index (χ2n) is 6.51. The van der Waals surface area contributed by atoms with E-state index < -0.39 is 0 Å². The molecule has 0 aliphatic carbocycles. The largest absolute Gasteiger partial charge is 0.369 e. The number of likely N-dealkylation sites (N-methyl/N-ethyl adjacent to an activating group) is 1. The van der Waals surface area contributed by atoms with E-state index >= 15 is 0 Å². The van der Waals surface area contributed by atoms with Gasteiger partial charge >= 0.3 is 0 Å². The maximum absolute atomic E-state index is 4.50. The van der Waals surface area contributed by atoms with Crippen molar-refractivity contribution >= 4 is 11.3 Å². The van der Waals surface area contributed by atoms with Gasteiger partial charge in [-0.25, -0.2) is 0 Å². The van der Waals surface area contributed by atoms with E-state index in [1.165, 1.54) is 25.1 Å². The molecule has 2 aromatic heterocycles. The summed E-state index contributed by atoms with van der Waals surface area (Å²) in [5.41, 5.74) is 2.23. The molecule has 0 amide bonds. The van der Waals surface area contributed by atoms with Crippen molar-refractivity contribution < 1.29 is 0 Å². The molecule has 4 heterocycles. The molecule has 2 fully saturated rings. The van der Waals surface area contributed by atoms with Crippen molar-refractivity contribution in [3.05, 3.63) is 24.2 Å². The van der Waals surface area contributed by atoms with Crippen LogP contribution < -0.4 is 10.2 Å². The minimum Gasteiger partial charge on any atom is -0.369 e. The fraction of sp³-hybridized carbons (Fsp3) is 0.625. The minimum absolute atomic E-state index is 0.499. The molecule has 0 spiro atoms. The smallest absolute Gasteiger partial charge is 0.162 e. The Kier molecular flexibility index (Phi) is 3.72. The highest BCUT2D eigenvalue weighted by Gasteiger charge is 2.23. The van der Waals surface area contributed by atoms with Crippen molar-refractivity contribution in [1.29, 1.82) is 0 Å². The van der Waals surface area contributed by atoms with Gasteiger partial charge in [0.05, 0.1) is 0 Å². The molecule has 0 radical (unpaired) electrons. The van der Waals surface area contributed by atoms with Crippen LogP contribution in [0.3, 0.4) is 0 Å². The van der Waals surface area contributed by atoms with Crippen molar-refractivity contribution in [2.45, 2.75) is 18.8 Å².